The van der Waals surface area contributed by atoms with Crippen molar-refractivity contribution in [1.29, 1.82) is 0 Å². The molecule has 0 spiro atoms. The van der Waals surface area contributed by atoms with Crippen LogP contribution in [0.1, 0.15) is 56.3 Å². The van der Waals surface area contributed by atoms with Crippen molar-refractivity contribution in [3.8, 4) is 0 Å². The number of anilines is 1. The zero-order chi connectivity index (χ0) is 14.7. The second-order valence-electron chi connectivity index (χ2n) is 6.22. The van der Waals surface area contributed by atoms with E-state index in [2.05, 4.69) is 4.90 Å². The van der Waals surface area contributed by atoms with Crippen molar-refractivity contribution in [2.45, 2.75) is 52.1 Å². The van der Waals surface area contributed by atoms with Crippen LogP contribution in [0.25, 0.3) is 0 Å². The molecule has 1 aromatic rings. The second kappa shape index (κ2) is 6.57. The van der Waals surface area contributed by atoms with E-state index in [-0.39, 0.29) is 5.82 Å². The van der Waals surface area contributed by atoms with Gasteiger partial charge in [-0.25, -0.2) is 4.39 Å². The molecule has 1 aliphatic rings. The number of benzene rings is 1. The highest BCUT2D eigenvalue weighted by Gasteiger charge is 2.19. The first-order valence-corrected chi connectivity index (χ1v) is 7.68. The third-order valence-electron chi connectivity index (χ3n) is 4.43. The number of aliphatic hydroxyl groups excluding tert-OH is 1. The molecule has 1 N–H and O–H groups in total. The third-order valence-corrected chi connectivity index (χ3v) is 4.43. The number of halogens is 1. The lowest BCUT2D eigenvalue weighted by Gasteiger charge is -2.30. The van der Waals surface area contributed by atoms with Gasteiger partial charge in [0.15, 0.2) is 0 Å². The van der Waals surface area contributed by atoms with Gasteiger partial charge in [-0.1, -0.05) is 19.3 Å². The van der Waals surface area contributed by atoms with Crippen LogP contribution >= 0.6 is 0 Å². The molecule has 0 radical (unpaired) electrons. The van der Waals surface area contributed by atoms with Gasteiger partial charge in [-0.05, 0) is 50.3 Å². The molecular weight excluding hydrogens is 253 g/mol. The van der Waals surface area contributed by atoms with E-state index in [0.29, 0.717) is 11.1 Å². The van der Waals surface area contributed by atoms with Crippen molar-refractivity contribution in [2.75, 3.05) is 18.5 Å². The zero-order valence-electron chi connectivity index (χ0n) is 12.8. The molecule has 20 heavy (non-hydrogen) atoms. The molecule has 1 aliphatic carbocycles. The number of hydrogen-bond acceptors (Lipinski definition) is 2. The quantitative estimate of drug-likeness (QED) is 0.892. The molecule has 0 aromatic heterocycles. The first kappa shape index (κ1) is 15.3. The lowest BCUT2D eigenvalue weighted by Crippen LogP contribution is -2.28. The summed E-state index contributed by atoms with van der Waals surface area (Å²) < 4.78 is 13.7. The van der Waals surface area contributed by atoms with Crippen LogP contribution in [0, 0.1) is 18.7 Å². The van der Waals surface area contributed by atoms with Gasteiger partial charge in [0, 0.05) is 24.8 Å². The minimum atomic E-state index is -0.645. The van der Waals surface area contributed by atoms with Crippen LogP contribution in [0.5, 0.6) is 0 Å². The minimum absolute atomic E-state index is 0.240. The molecule has 0 amide bonds. The molecule has 2 rings (SSSR count). The van der Waals surface area contributed by atoms with Crippen molar-refractivity contribution in [3.05, 3.63) is 29.1 Å². The van der Waals surface area contributed by atoms with Gasteiger partial charge in [-0.3, -0.25) is 0 Å². The van der Waals surface area contributed by atoms with E-state index in [1.165, 1.54) is 38.2 Å². The molecule has 1 fully saturated rings. The Balaban J connectivity index is 2.19. The highest BCUT2D eigenvalue weighted by Crippen LogP contribution is 2.31. The van der Waals surface area contributed by atoms with Gasteiger partial charge in [0.25, 0.3) is 0 Å². The molecule has 0 bridgehead atoms. The van der Waals surface area contributed by atoms with Gasteiger partial charge in [-0.15, -0.1) is 0 Å². The molecule has 112 valence electrons. The van der Waals surface area contributed by atoms with Gasteiger partial charge >= 0.3 is 0 Å². The van der Waals surface area contributed by atoms with Crippen LogP contribution in [0.4, 0.5) is 10.1 Å². The van der Waals surface area contributed by atoms with Crippen molar-refractivity contribution >= 4 is 5.69 Å². The minimum Gasteiger partial charge on any atom is -0.389 e. The average Bonchev–Trinajstić information content (AvgIpc) is 2.42. The molecule has 3 heteroatoms. The molecule has 0 aliphatic heterocycles. The monoisotopic (exact) mass is 279 g/mol. The number of nitrogens with zero attached hydrogens (tertiary/aromatic N) is 1. The maximum Gasteiger partial charge on any atom is 0.126 e. The SMILES string of the molecule is Cc1cc(N(C)CC2CCCCC2)c([C@@H](C)O)cc1F. The Labute approximate surface area is 121 Å². The topological polar surface area (TPSA) is 23.5 Å². The predicted molar refractivity (Wildman–Crippen MR) is 81.6 cm³/mol. The fourth-order valence-corrected chi connectivity index (χ4v) is 3.20. The largest absolute Gasteiger partial charge is 0.389 e. The summed E-state index contributed by atoms with van der Waals surface area (Å²) in [4.78, 5) is 2.18. The highest BCUT2D eigenvalue weighted by molar-refractivity contribution is 5.56. The first-order valence-electron chi connectivity index (χ1n) is 7.68. The Bertz CT molecular complexity index is 453. The van der Waals surface area contributed by atoms with Crippen LogP contribution < -0.4 is 4.90 Å². The Hall–Kier alpha value is -1.09. The van der Waals surface area contributed by atoms with Gasteiger partial charge in [0.2, 0.25) is 0 Å². The number of hydrogen-bond donors (Lipinski definition) is 1. The lowest BCUT2D eigenvalue weighted by molar-refractivity contribution is 0.199. The number of aliphatic hydroxyl groups is 1. The van der Waals surface area contributed by atoms with Crippen molar-refractivity contribution in [2.24, 2.45) is 5.92 Å². The van der Waals surface area contributed by atoms with E-state index in [0.717, 1.165) is 18.2 Å². The predicted octanol–water partition coefficient (Wildman–Crippen LogP) is 4.20. The Kier molecular flexibility index (Phi) is 5.03. The Morgan fingerprint density at radius 3 is 2.55 bits per heavy atom. The van der Waals surface area contributed by atoms with Gasteiger partial charge in [0.1, 0.15) is 5.82 Å². The maximum absolute atomic E-state index is 13.7. The summed E-state index contributed by atoms with van der Waals surface area (Å²) in [6, 6.07) is 3.34. The zero-order valence-corrected chi connectivity index (χ0v) is 12.8. The lowest BCUT2D eigenvalue weighted by atomic mass is 9.88. The van der Waals surface area contributed by atoms with E-state index >= 15 is 0 Å². The fourth-order valence-electron chi connectivity index (χ4n) is 3.20. The summed E-state index contributed by atoms with van der Waals surface area (Å²) in [5.41, 5.74) is 2.29. The molecule has 2 nitrogen and oxygen atoms in total. The maximum atomic E-state index is 13.7. The first-order chi connectivity index (χ1) is 9.49. The fraction of sp³-hybridized carbons (Fsp3) is 0.647. The number of rotatable bonds is 4. The number of aryl methyl sites for hydroxylation is 1. The Morgan fingerprint density at radius 1 is 1.30 bits per heavy atom. The summed E-state index contributed by atoms with van der Waals surface area (Å²) >= 11 is 0. The Morgan fingerprint density at radius 2 is 1.95 bits per heavy atom. The van der Waals surface area contributed by atoms with E-state index in [1.54, 1.807) is 13.8 Å². The summed E-state index contributed by atoms with van der Waals surface area (Å²) in [5.74, 6) is 0.483. The molecule has 1 atom stereocenters. The van der Waals surface area contributed by atoms with E-state index in [1.807, 2.05) is 13.1 Å². The normalized spacial score (nSPS) is 18.1. The van der Waals surface area contributed by atoms with Crippen LogP contribution in [-0.2, 0) is 0 Å². The summed E-state index contributed by atoms with van der Waals surface area (Å²) in [5, 5.41) is 9.88. The van der Waals surface area contributed by atoms with E-state index in [4.69, 9.17) is 0 Å². The van der Waals surface area contributed by atoms with Crippen LogP contribution in [0.15, 0.2) is 12.1 Å². The van der Waals surface area contributed by atoms with Gasteiger partial charge < -0.3 is 10.0 Å². The highest BCUT2D eigenvalue weighted by atomic mass is 19.1. The molecular formula is C17H26FNO. The average molecular weight is 279 g/mol. The van der Waals surface area contributed by atoms with Crippen molar-refractivity contribution in [1.82, 2.24) is 0 Å². The molecule has 0 unspecified atom stereocenters. The molecule has 0 saturated heterocycles. The smallest absolute Gasteiger partial charge is 0.126 e. The van der Waals surface area contributed by atoms with Crippen LogP contribution in [0.2, 0.25) is 0 Å². The van der Waals surface area contributed by atoms with Crippen molar-refractivity contribution in [3.63, 3.8) is 0 Å². The van der Waals surface area contributed by atoms with Crippen molar-refractivity contribution < 1.29 is 9.50 Å². The molecule has 0 heterocycles. The van der Waals surface area contributed by atoms with E-state index < -0.39 is 6.10 Å². The molecule has 1 saturated carbocycles. The van der Waals surface area contributed by atoms with Gasteiger partial charge in [-0.2, -0.15) is 0 Å². The summed E-state index contributed by atoms with van der Waals surface area (Å²) in [7, 11) is 2.05. The van der Waals surface area contributed by atoms with Crippen LogP contribution in [-0.4, -0.2) is 18.7 Å². The standard InChI is InChI=1S/C17H26FNO/c1-12-9-17(15(13(2)20)10-16(12)18)19(3)11-14-7-5-4-6-8-14/h9-10,13-14,20H,4-8,11H2,1-3H3/t13-/m1/s1. The van der Waals surface area contributed by atoms with Crippen LogP contribution in [0.3, 0.4) is 0 Å². The third kappa shape index (κ3) is 3.51. The summed E-state index contributed by atoms with van der Waals surface area (Å²) in [6.07, 6.45) is 5.93. The second-order valence-corrected chi connectivity index (χ2v) is 6.22. The van der Waals surface area contributed by atoms with E-state index in [9.17, 15) is 9.50 Å². The summed E-state index contributed by atoms with van der Waals surface area (Å²) in [6.45, 7) is 4.46. The van der Waals surface area contributed by atoms with Gasteiger partial charge in [0.05, 0.1) is 6.10 Å². The molecule has 1 aromatic carbocycles.